The fraction of sp³-hybridized carbons (Fsp3) is 0.121. The van der Waals surface area contributed by atoms with Crippen LogP contribution >= 0.6 is 0 Å². The smallest absolute Gasteiger partial charge is 0.335 e. The topological polar surface area (TPSA) is 87.5 Å². The number of carbonyl (C=O) groups is 2. The molecule has 0 atom stereocenters. The molecule has 0 saturated heterocycles. The van der Waals surface area contributed by atoms with Gasteiger partial charge in [0.15, 0.2) is 0 Å². The second-order valence-corrected chi connectivity index (χ2v) is 10.7. The Bertz CT molecular complexity index is 1840. The van der Waals surface area contributed by atoms with Crippen LogP contribution in [0.2, 0.25) is 0 Å². The maximum Gasteiger partial charge on any atom is 0.335 e. The van der Waals surface area contributed by atoms with Crippen molar-refractivity contribution in [3.63, 3.8) is 0 Å². The summed E-state index contributed by atoms with van der Waals surface area (Å²) in [6, 6.07) is 26.7. The second kappa shape index (κ2) is 8.38. The van der Waals surface area contributed by atoms with Gasteiger partial charge in [-0.3, -0.25) is 0 Å². The molecule has 5 nitrogen and oxygen atoms in total. The maximum absolute atomic E-state index is 11.8. The van der Waals surface area contributed by atoms with Crippen LogP contribution in [0, 0.1) is 0 Å². The zero-order valence-electron chi connectivity index (χ0n) is 21.2. The van der Waals surface area contributed by atoms with Crippen molar-refractivity contribution in [3.8, 4) is 11.1 Å². The quantitative estimate of drug-likeness (QED) is 0.190. The lowest BCUT2D eigenvalue weighted by Gasteiger charge is -2.20. The highest BCUT2D eigenvalue weighted by Crippen LogP contribution is 2.40. The van der Waals surface area contributed by atoms with Crippen molar-refractivity contribution < 1.29 is 19.8 Å². The van der Waals surface area contributed by atoms with E-state index in [9.17, 15) is 19.8 Å². The van der Waals surface area contributed by atoms with Crippen molar-refractivity contribution in [2.24, 2.45) is 0 Å². The minimum Gasteiger partial charge on any atom is -0.478 e. The van der Waals surface area contributed by atoms with E-state index in [4.69, 9.17) is 4.98 Å². The average molecular weight is 500 g/mol. The Balaban J connectivity index is 1.80. The molecule has 0 unspecified atom stereocenters. The molecule has 5 aromatic carbocycles. The van der Waals surface area contributed by atoms with Crippen molar-refractivity contribution >= 4 is 55.3 Å². The molecule has 186 valence electrons. The predicted molar refractivity (Wildman–Crippen MR) is 152 cm³/mol. The Labute approximate surface area is 219 Å². The predicted octanol–water partition coefficient (Wildman–Crippen LogP) is 8.06. The highest BCUT2D eigenvalue weighted by Gasteiger charge is 2.19. The molecular formula is C33H25NO4. The lowest BCUT2D eigenvalue weighted by Crippen LogP contribution is -2.10. The summed E-state index contributed by atoms with van der Waals surface area (Å²) >= 11 is 0. The van der Waals surface area contributed by atoms with E-state index in [1.165, 1.54) is 5.56 Å². The molecule has 6 aromatic rings. The van der Waals surface area contributed by atoms with Crippen molar-refractivity contribution in [2.45, 2.75) is 26.2 Å². The average Bonchev–Trinajstić information content (AvgIpc) is 2.90. The number of carboxylic acids is 2. The summed E-state index contributed by atoms with van der Waals surface area (Å²) in [4.78, 5) is 28.7. The van der Waals surface area contributed by atoms with Gasteiger partial charge >= 0.3 is 11.9 Å². The van der Waals surface area contributed by atoms with Crippen LogP contribution in [0.4, 0.5) is 0 Å². The number of pyridine rings is 1. The van der Waals surface area contributed by atoms with Crippen LogP contribution in [0.3, 0.4) is 0 Å². The summed E-state index contributed by atoms with van der Waals surface area (Å²) in [5.74, 6) is -2.00. The van der Waals surface area contributed by atoms with Gasteiger partial charge in [0.25, 0.3) is 0 Å². The van der Waals surface area contributed by atoms with Gasteiger partial charge in [-0.2, -0.15) is 0 Å². The Morgan fingerprint density at radius 3 is 1.47 bits per heavy atom. The van der Waals surface area contributed by atoms with E-state index in [1.54, 1.807) is 36.4 Å². The number of carboxylic acid groups (broad SMARTS) is 2. The summed E-state index contributed by atoms with van der Waals surface area (Å²) in [5.41, 5.74) is 4.96. The van der Waals surface area contributed by atoms with Gasteiger partial charge in [-0.15, -0.1) is 0 Å². The Morgan fingerprint density at radius 2 is 1.05 bits per heavy atom. The summed E-state index contributed by atoms with van der Waals surface area (Å²) in [7, 11) is 0. The molecule has 1 heterocycles. The summed E-state index contributed by atoms with van der Waals surface area (Å²) in [6.07, 6.45) is 0. The monoisotopic (exact) mass is 499 g/mol. The summed E-state index contributed by atoms with van der Waals surface area (Å²) in [6.45, 7) is 6.53. The number of aromatic carboxylic acids is 2. The first-order valence-electron chi connectivity index (χ1n) is 12.4. The number of fused-ring (bicyclic) bond motifs is 6. The van der Waals surface area contributed by atoms with Crippen LogP contribution in [0.25, 0.3) is 54.5 Å². The van der Waals surface area contributed by atoms with Gasteiger partial charge in [-0.25, -0.2) is 14.6 Å². The summed E-state index contributed by atoms with van der Waals surface area (Å²) < 4.78 is 0. The van der Waals surface area contributed by atoms with Crippen molar-refractivity contribution in [1.29, 1.82) is 0 Å². The highest BCUT2D eigenvalue weighted by molar-refractivity contribution is 6.21. The zero-order valence-corrected chi connectivity index (χ0v) is 21.2. The highest BCUT2D eigenvalue weighted by atomic mass is 16.4. The van der Waals surface area contributed by atoms with Crippen LogP contribution in [0.15, 0.2) is 84.9 Å². The van der Waals surface area contributed by atoms with E-state index in [1.807, 2.05) is 24.3 Å². The fourth-order valence-electron chi connectivity index (χ4n) is 5.22. The van der Waals surface area contributed by atoms with Crippen LogP contribution in [0.5, 0.6) is 0 Å². The fourth-order valence-corrected chi connectivity index (χ4v) is 5.22. The van der Waals surface area contributed by atoms with Crippen LogP contribution in [-0.2, 0) is 5.41 Å². The Kier molecular flexibility index (Phi) is 5.21. The van der Waals surface area contributed by atoms with E-state index >= 15 is 0 Å². The minimum atomic E-state index is -1.00. The summed E-state index contributed by atoms with van der Waals surface area (Å²) in [5, 5.41) is 24.4. The molecule has 0 fully saturated rings. The normalized spacial score (nSPS) is 12.0. The number of nitrogens with zero attached hydrogens (tertiary/aromatic N) is 1. The van der Waals surface area contributed by atoms with Gasteiger partial charge in [0.05, 0.1) is 22.2 Å². The van der Waals surface area contributed by atoms with Gasteiger partial charge in [0, 0.05) is 27.1 Å². The van der Waals surface area contributed by atoms with Crippen LogP contribution < -0.4 is 0 Å². The third-order valence-corrected chi connectivity index (χ3v) is 7.28. The lowest BCUT2D eigenvalue weighted by atomic mass is 9.85. The van der Waals surface area contributed by atoms with Crippen molar-refractivity contribution in [1.82, 2.24) is 4.98 Å². The molecule has 5 heteroatoms. The molecule has 2 N–H and O–H groups in total. The molecule has 0 spiro atoms. The van der Waals surface area contributed by atoms with Gasteiger partial charge in [-0.05, 0) is 51.6 Å². The molecule has 0 radical (unpaired) electrons. The van der Waals surface area contributed by atoms with Crippen LogP contribution in [0.1, 0.15) is 47.1 Å². The molecule has 0 aliphatic rings. The molecule has 1 aromatic heterocycles. The van der Waals surface area contributed by atoms with Gasteiger partial charge < -0.3 is 10.2 Å². The number of hydrogen-bond donors (Lipinski definition) is 2. The van der Waals surface area contributed by atoms with E-state index in [0.717, 1.165) is 43.4 Å². The number of aromatic nitrogens is 1. The molecular weight excluding hydrogens is 474 g/mol. The number of benzene rings is 5. The third kappa shape index (κ3) is 3.75. The molecule has 38 heavy (non-hydrogen) atoms. The first-order chi connectivity index (χ1) is 18.1. The van der Waals surface area contributed by atoms with Gasteiger partial charge in [0.2, 0.25) is 0 Å². The Morgan fingerprint density at radius 1 is 0.605 bits per heavy atom. The van der Waals surface area contributed by atoms with Crippen molar-refractivity contribution in [2.75, 3.05) is 0 Å². The standard InChI is InChI=1S/C33H25NO4/c1-33(2,3)23-12-8-20(9-13-23)28-24-14-10-18-4-6-21(31(35)36)16-26(18)29(24)34-30-25(28)15-11-19-5-7-22(32(37)38)17-27(19)30/h4-17H,1-3H3,(H,35,36)(H,37,38). The number of rotatable bonds is 3. The van der Waals surface area contributed by atoms with Gasteiger partial charge in [0.1, 0.15) is 0 Å². The zero-order chi connectivity index (χ0) is 26.8. The minimum absolute atomic E-state index is 0.00772. The number of hydrogen-bond acceptors (Lipinski definition) is 3. The first kappa shape index (κ1) is 23.6. The van der Waals surface area contributed by atoms with E-state index < -0.39 is 11.9 Å². The molecule has 0 aliphatic carbocycles. The van der Waals surface area contributed by atoms with E-state index in [0.29, 0.717) is 11.0 Å². The van der Waals surface area contributed by atoms with E-state index in [2.05, 4.69) is 45.0 Å². The van der Waals surface area contributed by atoms with Gasteiger partial charge in [-0.1, -0.05) is 81.4 Å². The SMILES string of the molecule is CC(C)(C)c1ccc(-c2c3ccc4ccc(C(=O)O)cc4c3nc3c2ccc2ccc(C(=O)O)cc23)cc1. The maximum atomic E-state index is 11.8. The van der Waals surface area contributed by atoms with Crippen LogP contribution in [-0.4, -0.2) is 27.1 Å². The molecule has 6 rings (SSSR count). The largest absolute Gasteiger partial charge is 0.478 e. The lowest BCUT2D eigenvalue weighted by molar-refractivity contribution is 0.0686. The van der Waals surface area contributed by atoms with Crippen molar-refractivity contribution in [3.05, 3.63) is 102 Å². The molecule has 0 amide bonds. The first-order valence-corrected chi connectivity index (χ1v) is 12.4. The molecule has 0 aliphatic heterocycles. The molecule has 0 saturated carbocycles. The van der Waals surface area contributed by atoms with E-state index in [-0.39, 0.29) is 16.5 Å². The third-order valence-electron chi connectivity index (χ3n) is 7.28. The molecule has 0 bridgehead atoms. The Hall–Kier alpha value is -4.77. The second-order valence-electron chi connectivity index (χ2n) is 10.7.